The molecule has 2 fully saturated rings. The van der Waals surface area contributed by atoms with Gasteiger partial charge >= 0.3 is 12.1 Å². The van der Waals surface area contributed by atoms with Gasteiger partial charge in [0, 0.05) is 17.9 Å². The molecule has 0 aliphatic carbocycles. The third-order valence-corrected chi connectivity index (χ3v) is 6.67. The Hall–Kier alpha value is -2.78. The molecule has 3 heterocycles. The number of rotatable bonds is 6. The van der Waals surface area contributed by atoms with Crippen LogP contribution in [0.1, 0.15) is 28.9 Å². The lowest BCUT2D eigenvalue weighted by molar-refractivity contribution is -0.139. The zero-order valence-corrected chi connectivity index (χ0v) is 18.2. The van der Waals surface area contributed by atoms with Gasteiger partial charge in [-0.1, -0.05) is 11.6 Å². The SMILES string of the molecule is O=C(NCC1CN(c2ccc(N3CCCCC3C(=O)O)cc2)C(=O)O1)c1ccc(Cl)s1. The van der Waals surface area contributed by atoms with E-state index >= 15 is 0 Å². The monoisotopic (exact) mass is 463 g/mol. The van der Waals surface area contributed by atoms with E-state index in [0.29, 0.717) is 34.4 Å². The van der Waals surface area contributed by atoms with Gasteiger partial charge in [0.1, 0.15) is 12.1 Å². The van der Waals surface area contributed by atoms with Crippen LogP contribution in [0.15, 0.2) is 36.4 Å². The number of carbonyl (C=O) groups excluding carboxylic acids is 2. The third kappa shape index (κ3) is 4.77. The molecule has 2 aromatic rings. The van der Waals surface area contributed by atoms with Crippen LogP contribution in [0.4, 0.5) is 16.2 Å². The Morgan fingerprint density at radius 3 is 2.58 bits per heavy atom. The number of hydrogen-bond acceptors (Lipinski definition) is 6. The zero-order valence-electron chi connectivity index (χ0n) is 16.6. The standard InChI is InChI=1S/C21H22ClN3O5S/c22-18-9-8-17(31-18)19(26)23-11-15-12-25(21(29)30-15)14-6-4-13(5-7-14)24-10-2-1-3-16(24)20(27)28/h4-9,15-16H,1-3,10-12H2,(H,23,26)(H,27,28). The van der Waals surface area contributed by atoms with Crippen LogP contribution in [0, 0.1) is 0 Å². The molecular formula is C21H22ClN3O5S. The highest BCUT2D eigenvalue weighted by Crippen LogP contribution is 2.29. The topological polar surface area (TPSA) is 99.2 Å². The van der Waals surface area contributed by atoms with Crippen LogP contribution in [0.25, 0.3) is 0 Å². The summed E-state index contributed by atoms with van der Waals surface area (Å²) in [6.45, 7) is 1.20. The second kappa shape index (κ2) is 9.15. The number of carboxylic acid groups (broad SMARTS) is 1. The second-order valence-electron chi connectivity index (χ2n) is 7.49. The number of nitrogens with zero attached hydrogens (tertiary/aromatic N) is 2. The number of cyclic esters (lactones) is 1. The summed E-state index contributed by atoms with van der Waals surface area (Å²) in [6.07, 6.45) is 1.54. The van der Waals surface area contributed by atoms with E-state index in [-0.39, 0.29) is 12.5 Å². The van der Waals surface area contributed by atoms with Crippen LogP contribution in [0.3, 0.4) is 0 Å². The summed E-state index contributed by atoms with van der Waals surface area (Å²) in [6, 6.07) is 10.0. The number of halogens is 1. The predicted molar refractivity (Wildman–Crippen MR) is 118 cm³/mol. The Morgan fingerprint density at radius 2 is 1.90 bits per heavy atom. The quantitative estimate of drug-likeness (QED) is 0.679. The first kappa shape index (κ1) is 21.5. The first-order chi connectivity index (χ1) is 14.9. The van der Waals surface area contributed by atoms with Crippen molar-refractivity contribution in [2.75, 3.05) is 29.4 Å². The number of thiophene rings is 1. The summed E-state index contributed by atoms with van der Waals surface area (Å²) >= 11 is 7.04. The van der Waals surface area contributed by atoms with Crippen LogP contribution in [-0.2, 0) is 9.53 Å². The number of anilines is 2. The Kier molecular flexibility index (Phi) is 6.33. The molecule has 1 aromatic carbocycles. The highest BCUT2D eigenvalue weighted by molar-refractivity contribution is 7.18. The number of nitrogens with one attached hydrogen (secondary N) is 1. The van der Waals surface area contributed by atoms with Crippen molar-refractivity contribution in [2.24, 2.45) is 0 Å². The number of benzene rings is 1. The van der Waals surface area contributed by atoms with Crippen molar-refractivity contribution in [2.45, 2.75) is 31.4 Å². The maximum absolute atomic E-state index is 12.3. The fraction of sp³-hybridized carbons (Fsp3) is 0.381. The van der Waals surface area contributed by atoms with Crippen LogP contribution in [-0.4, -0.2) is 54.9 Å². The first-order valence-corrected chi connectivity index (χ1v) is 11.2. The van der Waals surface area contributed by atoms with Gasteiger partial charge in [-0.15, -0.1) is 11.3 Å². The molecule has 10 heteroatoms. The molecule has 2 amide bonds. The highest BCUT2D eigenvalue weighted by atomic mass is 35.5. The minimum atomic E-state index is -0.818. The predicted octanol–water partition coefficient (Wildman–Crippen LogP) is 3.60. The minimum absolute atomic E-state index is 0.197. The molecule has 4 rings (SSSR count). The third-order valence-electron chi connectivity index (χ3n) is 5.44. The minimum Gasteiger partial charge on any atom is -0.480 e. The normalized spacial score (nSPS) is 21.1. The van der Waals surface area contributed by atoms with Gasteiger partial charge in [-0.25, -0.2) is 9.59 Å². The van der Waals surface area contributed by atoms with E-state index in [1.54, 1.807) is 24.3 Å². The van der Waals surface area contributed by atoms with Crippen molar-refractivity contribution in [3.05, 3.63) is 45.6 Å². The van der Waals surface area contributed by atoms with Crippen molar-refractivity contribution >= 4 is 52.3 Å². The maximum Gasteiger partial charge on any atom is 0.414 e. The van der Waals surface area contributed by atoms with Crippen molar-refractivity contribution in [1.29, 1.82) is 0 Å². The van der Waals surface area contributed by atoms with E-state index in [2.05, 4.69) is 5.32 Å². The molecule has 1 aromatic heterocycles. The number of carbonyl (C=O) groups is 3. The van der Waals surface area contributed by atoms with Crippen molar-refractivity contribution in [3.63, 3.8) is 0 Å². The molecule has 2 aliphatic rings. The van der Waals surface area contributed by atoms with Crippen molar-refractivity contribution in [1.82, 2.24) is 5.32 Å². The molecule has 0 bridgehead atoms. The molecule has 2 aliphatic heterocycles. The number of carboxylic acids is 1. The summed E-state index contributed by atoms with van der Waals surface area (Å²) in [5, 5.41) is 12.2. The maximum atomic E-state index is 12.3. The Bertz CT molecular complexity index is 980. The molecule has 2 saturated heterocycles. The Labute approximate surface area is 188 Å². The zero-order chi connectivity index (χ0) is 22.0. The van der Waals surface area contributed by atoms with Gasteiger partial charge < -0.3 is 20.1 Å². The highest BCUT2D eigenvalue weighted by Gasteiger charge is 2.33. The molecule has 8 nitrogen and oxygen atoms in total. The molecule has 31 heavy (non-hydrogen) atoms. The van der Waals surface area contributed by atoms with Gasteiger partial charge in [0.2, 0.25) is 0 Å². The van der Waals surface area contributed by atoms with Gasteiger partial charge in [0.15, 0.2) is 0 Å². The molecule has 2 atom stereocenters. The van der Waals surface area contributed by atoms with E-state index < -0.39 is 24.2 Å². The number of hydrogen-bond donors (Lipinski definition) is 2. The summed E-state index contributed by atoms with van der Waals surface area (Å²) in [5.74, 6) is -1.08. The van der Waals surface area contributed by atoms with Gasteiger partial charge in [-0.2, -0.15) is 0 Å². The summed E-state index contributed by atoms with van der Waals surface area (Å²) in [4.78, 5) is 39.9. The van der Waals surface area contributed by atoms with Crippen LogP contribution < -0.4 is 15.1 Å². The van der Waals surface area contributed by atoms with E-state index in [1.807, 2.05) is 17.0 Å². The second-order valence-corrected chi connectivity index (χ2v) is 9.20. The smallest absolute Gasteiger partial charge is 0.414 e. The molecule has 164 valence electrons. The van der Waals surface area contributed by atoms with Crippen LogP contribution in [0.2, 0.25) is 4.34 Å². The van der Waals surface area contributed by atoms with Gasteiger partial charge in [-0.05, 0) is 55.7 Å². The lowest BCUT2D eigenvalue weighted by Gasteiger charge is -2.35. The molecule has 2 unspecified atom stereocenters. The molecular weight excluding hydrogens is 442 g/mol. The first-order valence-electron chi connectivity index (χ1n) is 10.0. The number of piperidine rings is 1. The van der Waals surface area contributed by atoms with Gasteiger partial charge in [-0.3, -0.25) is 9.69 Å². The fourth-order valence-corrected chi connectivity index (χ4v) is 4.85. The van der Waals surface area contributed by atoms with Crippen LogP contribution >= 0.6 is 22.9 Å². The number of aliphatic carboxylic acids is 1. The van der Waals surface area contributed by atoms with Gasteiger partial charge in [0.25, 0.3) is 5.91 Å². The van der Waals surface area contributed by atoms with Crippen molar-refractivity contribution in [3.8, 4) is 0 Å². The average molecular weight is 464 g/mol. The fourth-order valence-electron chi connectivity index (χ4n) is 3.89. The largest absolute Gasteiger partial charge is 0.480 e. The van der Waals surface area contributed by atoms with E-state index in [9.17, 15) is 19.5 Å². The van der Waals surface area contributed by atoms with Crippen LogP contribution in [0.5, 0.6) is 0 Å². The Balaban J connectivity index is 1.36. The molecule has 0 radical (unpaired) electrons. The van der Waals surface area contributed by atoms with Crippen molar-refractivity contribution < 1.29 is 24.2 Å². The van der Waals surface area contributed by atoms with Gasteiger partial charge in [0.05, 0.1) is 22.3 Å². The summed E-state index contributed by atoms with van der Waals surface area (Å²) < 4.78 is 5.91. The lowest BCUT2D eigenvalue weighted by Crippen LogP contribution is -2.44. The molecule has 0 saturated carbocycles. The van der Waals surface area contributed by atoms with E-state index in [1.165, 1.54) is 16.2 Å². The average Bonchev–Trinajstić information content (AvgIpc) is 3.37. The summed E-state index contributed by atoms with van der Waals surface area (Å²) in [5.41, 5.74) is 1.48. The van der Waals surface area contributed by atoms with E-state index in [0.717, 1.165) is 18.5 Å². The number of amides is 2. The Morgan fingerprint density at radius 1 is 1.16 bits per heavy atom. The number of ether oxygens (including phenoxy) is 1. The lowest BCUT2D eigenvalue weighted by atomic mass is 10.0. The molecule has 0 spiro atoms. The molecule has 2 N–H and O–H groups in total. The summed E-state index contributed by atoms with van der Waals surface area (Å²) in [7, 11) is 0. The van der Waals surface area contributed by atoms with E-state index in [4.69, 9.17) is 16.3 Å².